The highest BCUT2D eigenvalue weighted by Gasteiger charge is 2.21. The predicted octanol–water partition coefficient (Wildman–Crippen LogP) is 1.94. The van der Waals surface area contributed by atoms with Gasteiger partial charge in [-0.1, -0.05) is 11.8 Å². The van der Waals surface area contributed by atoms with Crippen molar-refractivity contribution in [2.24, 2.45) is 0 Å². The van der Waals surface area contributed by atoms with Crippen LogP contribution >= 0.6 is 11.8 Å². The molecule has 0 aromatic carbocycles. The average Bonchev–Trinajstić information content (AvgIpc) is 2.84. The Hall–Kier alpha value is -2.01. The summed E-state index contributed by atoms with van der Waals surface area (Å²) in [4.78, 5) is 22.5. The van der Waals surface area contributed by atoms with Crippen molar-refractivity contribution < 1.29 is 27.9 Å². The van der Waals surface area contributed by atoms with Crippen LogP contribution in [-0.4, -0.2) is 28.8 Å². The van der Waals surface area contributed by atoms with Crippen LogP contribution in [0.15, 0.2) is 16.5 Å². The van der Waals surface area contributed by atoms with Gasteiger partial charge in [-0.25, -0.2) is 4.79 Å². The number of halogens is 2. The van der Waals surface area contributed by atoms with Crippen LogP contribution < -0.4 is 5.32 Å². The molecule has 0 aliphatic rings. The number of nitrogens with one attached hydrogen (secondary N) is 1. The van der Waals surface area contributed by atoms with E-state index in [2.05, 4.69) is 11.2 Å². The lowest BCUT2D eigenvalue weighted by Crippen LogP contribution is -2.40. The number of furan rings is 1. The lowest BCUT2D eigenvalue weighted by Gasteiger charge is -2.10. The third-order valence-electron chi connectivity index (χ3n) is 2.16. The number of carboxylic acid groups (broad SMARTS) is 1. The molecule has 8 heteroatoms. The normalized spacial score (nSPS) is 11.9. The number of alkyl halides is 2. The van der Waals surface area contributed by atoms with E-state index in [4.69, 9.17) is 15.9 Å². The van der Waals surface area contributed by atoms with Crippen LogP contribution in [-0.2, 0) is 10.5 Å². The summed E-state index contributed by atoms with van der Waals surface area (Å²) in [5, 5.41) is 11.0. The molecule has 0 aliphatic carbocycles. The first kappa shape index (κ1) is 16.0. The third kappa shape index (κ3) is 4.93. The maximum atomic E-state index is 12.0. The number of hydrogen-bond acceptors (Lipinski definition) is 4. The van der Waals surface area contributed by atoms with Crippen molar-refractivity contribution in [3.63, 3.8) is 0 Å². The summed E-state index contributed by atoms with van der Waals surface area (Å²) >= 11 is 0.357. The van der Waals surface area contributed by atoms with Gasteiger partial charge in [0, 0.05) is 6.42 Å². The van der Waals surface area contributed by atoms with Crippen LogP contribution in [0.5, 0.6) is 0 Å². The van der Waals surface area contributed by atoms with Gasteiger partial charge in [-0.2, -0.15) is 8.78 Å². The Kier molecular flexibility index (Phi) is 6.06. The van der Waals surface area contributed by atoms with E-state index in [0.29, 0.717) is 11.8 Å². The molecule has 1 rings (SSSR count). The van der Waals surface area contributed by atoms with Crippen molar-refractivity contribution in [1.82, 2.24) is 5.32 Å². The minimum atomic E-state index is -2.54. The molecule has 0 radical (unpaired) electrons. The molecule has 1 atom stereocenters. The van der Waals surface area contributed by atoms with Crippen molar-refractivity contribution >= 4 is 23.6 Å². The second-order valence-corrected chi connectivity index (χ2v) is 4.59. The van der Waals surface area contributed by atoms with Gasteiger partial charge >= 0.3 is 5.97 Å². The van der Waals surface area contributed by atoms with Gasteiger partial charge in [-0.3, -0.25) is 4.79 Å². The second kappa shape index (κ2) is 7.55. The minimum Gasteiger partial charge on any atom is -0.480 e. The summed E-state index contributed by atoms with van der Waals surface area (Å²) in [6, 6.07) is 1.43. The quantitative estimate of drug-likeness (QED) is 0.753. The first-order valence-corrected chi connectivity index (χ1v) is 6.44. The summed E-state index contributed by atoms with van der Waals surface area (Å²) in [5.41, 5.74) is 0. The van der Waals surface area contributed by atoms with Crippen LogP contribution in [0.3, 0.4) is 0 Å². The second-order valence-electron chi connectivity index (χ2n) is 3.61. The smallest absolute Gasteiger partial charge is 0.327 e. The van der Waals surface area contributed by atoms with E-state index >= 15 is 0 Å². The molecule has 1 unspecified atom stereocenters. The number of carbonyl (C=O) groups excluding carboxylic acids is 1. The molecule has 0 aliphatic heterocycles. The number of amides is 1. The van der Waals surface area contributed by atoms with E-state index < -0.39 is 23.7 Å². The summed E-state index contributed by atoms with van der Waals surface area (Å²) < 4.78 is 29.0. The Morgan fingerprint density at radius 3 is 2.75 bits per heavy atom. The van der Waals surface area contributed by atoms with Crippen molar-refractivity contribution in [3.05, 3.63) is 23.7 Å². The van der Waals surface area contributed by atoms with E-state index in [1.54, 1.807) is 0 Å². The molecule has 0 spiro atoms. The zero-order chi connectivity index (χ0) is 15.1. The van der Waals surface area contributed by atoms with E-state index in [-0.39, 0.29) is 23.7 Å². The number of rotatable bonds is 7. The van der Waals surface area contributed by atoms with Gasteiger partial charge in [0.1, 0.15) is 11.8 Å². The van der Waals surface area contributed by atoms with E-state index in [9.17, 15) is 18.4 Å². The van der Waals surface area contributed by atoms with Gasteiger partial charge in [-0.05, 0) is 12.1 Å². The third-order valence-corrected chi connectivity index (χ3v) is 2.87. The first-order valence-electron chi connectivity index (χ1n) is 5.39. The Morgan fingerprint density at radius 2 is 2.20 bits per heavy atom. The van der Waals surface area contributed by atoms with Crippen molar-refractivity contribution in [1.29, 1.82) is 0 Å². The monoisotopic (exact) mass is 303 g/mol. The van der Waals surface area contributed by atoms with E-state index in [0.717, 1.165) is 0 Å². The van der Waals surface area contributed by atoms with Crippen molar-refractivity contribution in [2.75, 3.05) is 0 Å². The summed E-state index contributed by atoms with van der Waals surface area (Å²) in [5.74, 6) is -2.48. The maximum Gasteiger partial charge on any atom is 0.327 e. The highest BCUT2D eigenvalue weighted by atomic mass is 32.2. The number of aliphatic carboxylic acids is 1. The number of hydrogen-bond donors (Lipinski definition) is 2. The zero-order valence-electron chi connectivity index (χ0n) is 10.1. The number of thioether (sulfide) groups is 1. The van der Waals surface area contributed by atoms with Crippen LogP contribution in [0, 0.1) is 12.3 Å². The summed E-state index contributed by atoms with van der Waals surface area (Å²) in [6.45, 7) is 0. The summed E-state index contributed by atoms with van der Waals surface area (Å²) in [6.07, 6.45) is 4.82. The molecule has 1 amide bonds. The van der Waals surface area contributed by atoms with Crippen LogP contribution in [0.25, 0.3) is 0 Å². The van der Waals surface area contributed by atoms with Gasteiger partial charge in [0.05, 0.1) is 5.75 Å². The topological polar surface area (TPSA) is 79.5 Å². The van der Waals surface area contributed by atoms with E-state index in [1.807, 2.05) is 0 Å². The predicted molar refractivity (Wildman–Crippen MR) is 68.3 cm³/mol. The molecule has 1 aromatic rings. The highest BCUT2D eigenvalue weighted by molar-refractivity contribution is 7.98. The molecule has 108 valence electrons. The largest absolute Gasteiger partial charge is 0.480 e. The standard InChI is InChI=1S/C12H11F2NO4S/c1-2-3-8(11(17)18)15-10(16)9-5-4-7(19-9)6-20-12(13)14/h1,4-5,8,12H,3,6H2,(H,15,16)(H,17,18). The molecular weight excluding hydrogens is 292 g/mol. The van der Waals surface area contributed by atoms with Gasteiger partial charge in [0.15, 0.2) is 5.76 Å². The molecule has 0 bridgehead atoms. The molecule has 1 heterocycles. The molecule has 0 saturated heterocycles. The molecular formula is C12H11F2NO4S. The summed E-state index contributed by atoms with van der Waals surface area (Å²) in [7, 11) is 0. The van der Waals surface area contributed by atoms with E-state index in [1.165, 1.54) is 12.1 Å². The zero-order valence-corrected chi connectivity index (χ0v) is 11.0. The molecule has 0 saturated carbocycles. The fourth-order valence-electron chi connectivity index (χ4n) is 1.27. The Balaban J connectivity index is 2.63. The number of carboxylic acids is 1. The fourth-order valence-corrected chi connectivity index (χ4v) is 1.72. The van der Waals surface area contributed by atoms with Gasteiger partial charge in [-0.15, -0.1) is 12.3 Å². The Morgan fingerprint density at radius 1 is 1.50 bits per heavy atom. The number of terminal acetylenes is 1. The van der Waals surface area contributed by atoms with Gasteiger partial charge in [0.25, 0.3) is 11.7 Å². The molecule has 1 aromatic heterocycles. The molecule has 20 heavy (non-hydrogen) atoms. The average molecular weight is 303 g/mol. The lowest BCUT2D eigenvalue weighted by molar-refractivity contribution is -0.139. The molecule has 2 N–H and O–H groups in total. The Bertz CT molecular complexity index is 524. The van der Waals surface area contributed by atoms with Gasteiger partial charge in [0.2, 0.25) is 0 Å². The molecule has 0 fully saturated rings. The fraction of sp³-hybridized carbons (Fsp3) is 0.333. The van der Waals surface area contributed by atoms with Crippen LogP contribution in [0.1, 0.15) is 22.7 Å². The van der Waals surface area contributed by atoms with Crippen molar-refractivity contribution in [3.8, 4) is 12.3 Å². The van der Waals surface area contributed by atoms with Crippen LogP contribution in [0.4, 0.5) is 8.78 Å². The Labute approximate surface area is 117 Å². The SMILES string of the molecule is C#CCC(NC(=O)c1ccc(CSC(F)F)o1)C(=O)O. The number of carbonyl (C=O) groups is 2. The minimum absolute atomic E-state index is 0.0857. The first-order chi connectivity index (χ1) is 9.43. The van der Waals surface area contributed by atoms with Gasteiger partial charge < -0.3 is 14.8 Å². The highest BCUT2D eigenvalue weighted by Crippen LogP contribution is 2.21. The van der Waals surface area contributed by atoms with Crippen LogP contribution in [0.2, 0.25) is 0 Å². The maximum absolute atomic E-state index is 12.0. The van der Waals surface area contributed by atoms with Crippen molar-refractivity contribution in [2.45, 2.75) is 24.0 Å². The molecule has 5 nitrogen and oxygen atoms in total. The lowest BCUT2D eigenvalue weighted by atomic mass is 10.2.